The maximum atomic E-state index is 9.69. The lowest BCUT2D eigenvalue weighted by atomic mass is 10.1. The molecule has 2 heterocycles. The molecule has 0 unspecified atom stereocenters. The topological polar surface area (TPSA) is 92.3 Å². The molecule has 0 radical (unpaired) electrons. The van der Waals surface area contributed by atoms with Gasteiger partial charge in [-0.25, -0.2) is 0 Å². The summed E-state index contributed by atoms with van der Waals surface area (Å²) in [6.07, 6.45) is 1.76. The summed E-state index contributed by atoms with van der Waals surface area (Å²) in [4.78, 5) is 5.52. The van der Waals surface area contributed by atoms with Crippen LogP contribution in [0.5, 0.6) is 11.8 Å². The third kappa shape index (κ3) is 1.53. The zero-order valence-electron chi connectivity index (χ0n) is 9.44. The van der Waals surface area contributed by atoms with E-state index in [0.717, 1.165) is 22.0 Å². The summed E-state index contributed by atoms with van der Waals surface area (Å²) >= 11 is 0. The number of benzene rings is 1. The Hall–Kier alpha value is -2.40. The molecule has 0 aliphatic carbocycles. The van der Waals surface area contributed by atoms with Gasteiger partial charge in [-0.1, -0.05) is 12.1 Å². The fraction of sp³-hybridized carbons (Fsp3) is 0.0769. The van der Waals surface area contributed by atoms with Gasteiger partial charge in [-0.3, -0.25) is 4.98 Å². The number of fused-ring (bicyclic) bond motifs is 1. The second-order valence-electron chi connectivity index (χ2n) is 4.16. The van der Waals surface area contributed by atoms with Crippen LogP contribution >= 0.6 is 0 Å². The normalized spacial score (nSPS) is 11.2. The van der Waals surface area contributed by atoms with Crippen molar-refractivity contribution >= 4 is 10.9 Å². The zero-order chi connectivity index (χ0) is 12.7. The van der Waals surface area contributed by atoms with E-state index in [1.807, 2.05) is 18.2 Å². The summed E-state index contributed by atoms with van der Waals surface area (Å²) in [6, 6.07) is 7.01. The molecule has 0 atom stereocenters. The van der Waals surface area contributed by atoms with Gasteiger partial charge in [0.05, 0.1) is 6.61 Å². The third-order valence-corrected chi connectivity index (χ3v) is 3.00. The monoisotopic (exact) mass is 244 g/mol. The highest BCUT2D eigenvalue weighted by molar-refractivity contribution is 5.97. The van der Waals surface area contributed by atoms with E-state index in [4.69, 9.17) is 5.11 Å². The number of aliphatic hydroxyl groups is 1. The van der Waals surface area contributed by atoms with Crippen molar-refractivity contribution < 1.29 is 15.3 Å². The molecule has 0 saturated heterocycles. The molecule has 92 valence electrons. The van der Waals surface area contributed by atoms with Gasteiger partial charge in [0.2, 0.25) is 0 Å². The molecule has 0 amide bonds. The van der Waals surface area contributed by atoms with Crippen LogP contribution in [0.4, 0.5) is 0 Å². The molecule has 1 aromatic carbocycles. The Bertz CT molecular complexity index is 712. The molecule has 5 N–H and O–H groups in total. The second-order valence-corrected chi connectivity index (χ2v) is 4.16. The first-order valence-electron chi connectivity index (χ1n) is 5.51. The molecule has 0 spiro atoms. The van der Waals surface area contributed by atoms with Crippen LogP contribution in [-0.2, 0) is 6.61 Å². The fourth-order valence-corrected chi connectivity index (χ4v) is 2.13. The number of hydrogen-bond donors (Lipinski definition) is 5. The smallest absolute Gasteiger partial charge is 0.199 e. The number of aromatic hydroxyl groups is 2. The quantitative estimate of drug-likeness (QED) is 0.477. The predicted octanol–water partition coefficient (Wildman–Crippen LogP) is 2.07. The van der Waals surface area contributed by atoms with E-state index in [1.165, 1.54) is 6.07 Å². The van der Waals surface area contributed by atoms with E-state index in [9.17, 15) is 10.2 Å². The first-order valence-corrected chi connectivity index (χ1v) is 5.51. The van der Waals surface area contributed by atoms with Crippen LogP contribution < -0.4 is 0 Å². The van der Waals surface area contributed by atoms with Gasteiger partial charge in [0.1, 0.15) is 0 Å². The molecular weight excluding hydrogens is 232 g/mol. The van der Waals surface area contributed by atoms with E-state index in [0.29, 0.717) is 5.56 Å². The Labute approximate surface area is 102 Å². The number of aromatic nitrogens is 2. The Morgan fingerprint density at radius 3 is 2.56 bits per heavy atom. The van der Waals surface area contributed by atoms with Crippen molar-refractivity contribution in [3.05, 3.63) is 36.0 Å². The van der Waals surface area contributed by atoms with Crippen molar-refractivity contribution in [3.63, 3.8) is 0 Å². The molecule has 5 heteroatoms. The van der Waals surface area contributed by atoms with Crippen LogP contribution in [0.1, 0.15) is 5.56 Å². The minimum Gasteiger partial charge on any atom is -0.494 e. The number of hydrogen-bond acceptors (Lipinski definition) is 3. The molecule has 0 aliphatic heterocycles. The van der Waals surface area contributed by atoms with Crippen molar-refractivity contribution in [2.45, 2.75) is 6.61 Å². The fourth-order valence-electron chi connectivity index (χ4n) is 2.13. The average molecular weight is 244 g/mol. The van der Waals surface area contributed by atoms with Gasteiger partial charge >= 0.3 is 0 Å². The highest BCUT2D eigenvalue weighted by atomic mass is 16.3. The van der Waals surface area contributed by atoms with Crippen LogP contribution in [0, 0.1) is 0 Å². The Balaban J connectivity index is 2.21. The minimum atomic E-state index is -0.0798. The SMILES string of the molecule is OCc1ccc2c(-c3cc(O)[nH]c3O)c[nH]c2c1. The van der Waals surface area contributed by atoms with Crippen molar-refractivity contribution in [1.29, 1.82) is 0 Å². The molecule has 0 bridgehead atoms. The van der Waals surface area contributed by atoms with Gasteiger partial charge < -0.3 is 20.3 Å². The lowest BCUT2D eigenvalue weighted by Gasteiger charge is -1.99. The molecule has 18 heavy (non-hydrogen) atoms. The van der Waals surface area contributed by atoms with Gasteiger partial charge in [0, 0.05) is 34.3 Å². The van der Waals surface area contributed by atoms with Crippen LogP contribution in [-0.4, -0.2) is 25.3 Å². The molecule has 3 rings (SSSR count). The first-order chi connectivity index (χ1) is 8.69. The average Bonchev–Trinajstić information content (AvgIpc) is 2.91. The largest absolute Gasteiger partial charge is 0.494 e. The van der Waals surface area contributed by atoms with Gasteiger partial charge in [0.25, 0.3) is 0 Å². The van der Waals surface area contributed by atoms with E-state index in [2.05, 4.69) is 9.97 Å². The van der Waals surface area contributed by atoms with E-state index < -0.39 is 0 Å². The van der Waals surface area contributed by atoms with E-state index >= 15 is 0 Å². The summed E-state index contributed by atoms with van der Waals surface area (Å²) in [5.74, 6) is -0.150. The highest BCUT2D eigenvalue weighted by Gasteiger charge is 2.13. The molecule has 5 nitrogen and oxygen atoms in total. The first kappa shape index (κ1) is 10.7. The van der Waals surface area contributed by atoms with Gasteiger partial charge in [-0.2, -0.15) is 0 Å². The molecule has 0 saturated carbocycles. The van der Waals surface area contributed by atoms with Crippen molar-refractivity contribution in [1.82, 2.24) is 9.97 Å². The van der Waals surface area contributed by atoms with Crippen molar-refractivity contribution in [3.8, 4) is 22.9 Å². The molecule has 0 aliphatic rings. The summed E-state index contributed by atoms with van der Waals surface area (Å²) in [7, 11) is 0. The van der Waals surface area contributed by atoms with Crippen molar-refractivity contribution in [2.24, 2.45) is 0 Å². The summed E-state index contributed by atoms with van der Waals surface area (Å²) in [5, 5.41) is 29.0. The van der Waals surface area contributed by atoms with Crippen LogP contribution in [0.3, 0.4) is 0 Å². The Morgan fingerprint density at radius 2 is 1.89 bits per heavy atom. The van der Waals surface area contributed by atoms with E-state index in [1.54, 1.807) is 6.20 Å². The van der Waals surface area contributed by atoms with Gasteiger partial charge in [-0.15, -0.1) is 0 Å². The summed E-state index contributed by atoms with van der Waals surface area (Å²) in [6.45, 7) is -0.0134. The second kappa shape index (κ2) is 3.82. The van der Waals surface area contributed by atoms with E-state index in [-0.39, 0.29) is 18.4 Å². The number of H-pyrrole nitrogens is 2. The zero-order valence-corrected chi connectivity index (χ0v) is 9.44. The number of aromatic amines is 2. The van der Waals surface area contributed by atoms with Crippen LogP contribution in [0.2, 0.25) is 0 Å². The lowest BCUT2D eigenvalue weighted by Crippen LogP contribution is -1.81. The molecule has 3 aromatic rings. The standard InChI is InChI=1S/C13H12N2O3/c16-6-7-1-2-8-10(5-14-11(8)3-7)9-4-12(17)15-13(9)18/h1-5,14-18H,6H2. The minimum absolute atomic E-state index is 0.0134. The Morgan fingerprint density at radius 1 is 1.06 bits per heavy atom. The van der Waals surface area contributed by atoms with Gasteiger partial charge in [-0.05, 0) is 11.6 Å². The van der Waals surface area contributed by atoms with Crippen molar-refractivity contribution in [2.75, 3.05) is 0 Å². The molecule has 2 aromatic heterocycles. The number of nitrogens with one attached hydrogen (secondary N) is 2. The third-order valence-electron chi connectivity index (χ3n) is 3.00. The number of rotatable bonds is 2. The lowest BCUT2D eigenvalue weighted by molar-refractivity contribution is 0.282. The van der Waals surface area contributed by atoms with Crippen LogP contribution in [0.25, 0.3) is 22.0 Å². The highest BCUT2D eigenvalue weighted by Crippen LogP contribution is 2.36. The molecular formula is C13H12N2O3. The maximum absolute atomic E-state index is 9.69. The van der Waals surface area contributed by atoms with Crippen LogP contribution in [0.15, 0.2) is 30.5 Å². The number of aliphatic hydroxyl groups excluding tert-OH is 1. The summed E-state index contributed by atoms with van der Waals surface area (Å²) in [5.41, 5.74) is 3.02. The Kier molecular flexibility index (Phi) is 2.28. The predicted molar refractivity (Wildman–Crippen MR) is 67.3 cm³/mol. The van der Waals surface area contributed by atoms with Gasteiger partial charge in [0.15, 0.2) is 11.8 Å². The maximum Gasteiger partial charge on any atom is 0.199 e. The summed E-state index contributed by atoms with van der Waals surface area (Å²) < 4.78 is 0. The molecule has 0 fully saturated rings.